The molecule has 204 valence electrons. The first-order valence-electron chi connectivity index (χ1n) is 11.6. The number of sulfone groups is 1. The van der Waals surface area contributed by atoms with Gasteiger partial charge in [0.2, 0.25) is 5.95 Å². The molecule has 2 aliphatic rings. The first kappa shape index (κ1) is 27.4. The number of nitrogens with zero attached hydrogens (tertiary/aromatic N) is 3. The predicted molar refractivity (Wildman–Crippen MR) is 123 cm³/mol. The van der Waals surface area contributed by atoms with Crippen molar-refractivity contribution in [2.75, 3.05) is 23.3 Å². The van der Waals surface area contributed by atoms with Gasteiger partial charge in [0.05, 0.1) is 16.7 Å². The second kappa shape index (κ2) is 9.29. The molecule has 1 aromatic heterocycles. The largest absolute Gasteiger partial charge is 0.421 e. The molecule has 2 heterocycles. The molecule has 7 nitrogen and oxygen atoms in total. The SMILES string of the molecule is Cc1cc(S(=O)(=O)C2CC(C)C2)ccc1Nc1ncc(C(F)(F)F)c(N2CCCC(O)(C(F)(F)F)C2)n1. The summed E-state index contributed by atoms with van der Waals surface area (Å²) in [7, 11) is -3.52. The van der Waals surface area contributed by atoms with Gasteiger partial charge in [-0.1, -0.05) is 6.92 Å². The van der Waals surface area contributed by atoms with E-state index >= 15 is 0 Å². The Bertz CT molecular complexity index is 1280. The van der Waals surface area contributed by atoms with Crippen LogP contribution in [0.2, 0.25) is 0 Å². The maximum atomic E-state index is 13.7. The number of piperidine rings is 1. The molecule has 2 N–H and O–H groups in total. The fourth-order valence-corrected chi connectivity index (χ4v) is 6.82. The van der Waals surface area contributed by atoms with E-state index in [2.05, 4.69) is 15.3 Å². The lowest BCUT2D eigenvalue weighted by Gasteiger charge is -2.41. The van der Waals surface area contributed by atoms with E-state index < -0.39 is 57.4 Å². The van der Waals surface area contributed by atoms with Crippen LogP contribution in [0.25, 0.3) is 0 Å². The number of aromatic nitrogens is 2. The zero-order valence-electron chi connectivity index (χ0n) is 20.0. The van der Waals surface area contributed by atoms with E-state index in [1.165, 1.54) is 18.2 Å². The number of nitrogens with one attached hydrogen (secondary N) is 1. The number of hydrogen-bond donors (Lipinski definition) is 2. The van der Waals surface area contributed by atoms with Crippen LogP contribution in [0.5, 0.6) is 0 Å². The van der Waals surface area contributed by atoms with Crippen molar-refractivity contribution in [2.24, 2.45) is 5.92 Å². The molecule has 1 aromatic carbocycles. The van der Waals surface area contributed by atoms with E-state index in [9.17, 15) is 39.9 Å². The summed E-state index contributed by atoms with van der Waals surface area (Å²) in [5.41, 5.74) is -3.74. The molecule has 2 fully saturated rings. The maximum absolute atomic E-state index is 13.7. The minimum Gasteiger partial charge on any atom is -0.379 e. The van der Waals surface area contributed by atoms with Crippen LogP contribution in [-0.4, -0.2) is 53.6 Å². The summed E-state index contributed by atoms with van der Waals surface area (Å²) < 4.78 is 107. The molecule has 0 amide bonds. The molecule has 1 aliphatic carbocycles. The fraction of sp³-hybridized carbons (Fsp3) is 0.565. The van der Waals surface area contributed by atoms with E-state index in [1.54, 1.807) is 6.92 Å². The van der Waals surface area contributed by atoms with Crippen molar-refractivity contribution in [3.8, 4) is 0 Å². The molecule has 1 unspecified atom stereocenters. The zero-order valence-corrected chi connectivity index (χ0v) is 20.8. The van der Waals surface area contributed by atoms with Crippen LogP contribution in [0, 0.1) is 12.8 Å². The summed E-state index contributed by atoms with van der Waals surface area (Å²) in [6.07, 6.45) is -9.21. The normalized spacial score (nSPS) is 25.1. The summed E-state index contributed by atoms with van der Waals surface area (Å²) in [5.74, 6) is -0.779. The van der Waals surface area contributed by atoms with Crippen molar-refractivity contribution >= 4 is 27.3 Å². The van der Waals surface area contributed by atoms with Crippen molar-refractivity contribution < 1.29 is 39.9 Å². The maximum Gasteiger partial charge on any atom is 0.421 e. The van der Waals surface area contributed by atoms with Crippen molar-refractivity contribution in [3.05, 3.63) is 35.5 Å². The quantitative estimate of drug-likeness (QED) is 0.504. The highest BCUT2D eigenvalue weighted by Gasteiger charge is 2.56. The molecule has 1 atom stereocenters. The molecule has 37 heavy (non-hydrogen) atoms. The van der Waals surface area contributed by atoms with E-state index in [4.69, 9.17) is 0 Å². The van der Waals surface area contributed by atoms with Crippen molar-refractivity contribution in [3.63, 3.8) is 0 Å². The fourth-order valence-electron chi connectivity index (χ4n) is 4.67. The Labute approximate surface area is 209 Å². The molecule has 0 spiro atoms. The van der Waals surface area contributed by atoms with Gasteiger partial charge >= 0.3 is 12.4 Å². The molecular formula is C23H26F6N4O3S. The molecule has 4 rings (SSSR count). The Balaban J connectivity index is 1.63. The third kappa shape index (κ3) is 5.35. The molecule has 2 aromatic rings. The highest BCUT2D eigenvalue weighted by Crippen LogP contribution is 2.42. The Morgan fingerprint density at radius 2 is 1.84 bits per heavy atom. The van der Waals surface area contributed by atoms with E-state index in [0.717, 1.165) is 4.90 Å². The van der Waals surface area contributed by atoms with Crippen LogP contribution in [0.3, 0.4) is 0 Å². The van der Waals surface area contributed by atoms with Crippen LogP contribution in [-0.2, 0) is 16.0 Å². The summed E-state index contributed by atoms with van der Waals surface area (Å²) in [5, 5.41) is 12.4. The van der Waals surface area contributed by atoms with Crippen molar-refractivity contribution in [2.45, 2.75) is 67.6 Å². The van der Waals surface area contributed by atoms with Gasteiger partial charge in [-0.3, -0.25) is 0 Å². The topological polar surface area (TPSA) is 95.4 Å². The van der Waals surface area contributed by atoms with Gasteiger partial charge in [-0.25, -0.2) is 13.4 Å². The average Bonchev–Trinajstić information content (AvgIpc) is 2.76. The highest BCUT2D eigenvalue weighted by atomic mass is 32.2. The first-order valence-corrected chi connectivity index (χ1v) is 13.2. The van der Waals surface area contributed by atoms with Crippen LogP contribution in [0.1, 0.15) is 43.7 Å². The van der Waals surface area contributed by atoms with Crippen molar-refractivity contribution in [1.29, 1.82) is 0 Å². The van der Waals surface area contributed by atoms with Gasteiger partial charge in [-0.05, 0) is 62.3 Å². The summed E-state index contributed by atoms with van der Waals surface area (Å²) in [6, 6.07) is 4.26. The second-order valence-electron chi connectivity index (χ2n) is 9.83. The molecule has 14 heteroatoms. The smallest absolute Gasteiger partial charge is 0.379 e. The number of aryl methyl sites for hydroxylation is 1. The predicted octanol–water partition coefficient (Wildman–Crippen LogP) is 5.01. The van der Waals surface area contributed by atoms with Crippen LogP contribution in [0.15, 0.2) is 29.3 Å². The molecule has 1 aliphatic heterocycles. The second-order valence-corrected chi connectivity index (χ2v) is 12.1. The standard InChI is InChI=1S/C23H26F6N4O3S/c1-13-8-16(9-13)37(35,36)15-4-5-18(14(2)10-15)31-20-30-11-17(22(24,25)26)19(32-20)33-7-3-6-21(34,12-33)23(27,28)29/h4-5,10-11,13,16,34H,3,6-9,12H2,1-2H3,(H,30,31,32). The van der Waals surface area contributed by atoms with Gasteiger partial charge in [0.25, 0.3) is 0 Å². The number of alkyl halides is 6. The Hall–Kier alpha value is -2.61. The summed E-state index contributed by atoms with van der Waals surface area (Å²) in [6.45, 7) is 2.28. The number of hydrogen-bond acceptors (Lipinski definition) is 7. The van der Waals surface area contributed by atoms with Gasteiger partial charge in [-0.2, -0.15) is 31.3 Å². The molecule has 0 radical (unpaired) electrons. The Morgan fingerprint density at radius 3 is 2.41 bits per heavy atom. The summed E-state index contributed by atoms with van der Waals surface area (Å²) >= 11 is 0. The summed E-state index contributed by atoms with van der Waals surface area (Å²) in [4.78, 5) is 8.43. The number of halogens is 6. The number of aliphatic hydroxyl groups is 1. The van der Waals surface area contributed by atoms with Gasteiger partial charge in [0, 0.05) is 18.4 Å². The number of anilines is 3. The number of benzene rings is 1. The third-order valence-electron chi connectivity index (χ3n) is 6.91. The lowest BCUT2D eigenvalue weighted by molar-refractivity contribution is -0.261. The van der Waals surface area contributed by atoms with Crippen LogP contribution in [0.4, 0.5) is 43.8 Å². The van der Waals surface area contributed by atoms with E-state index in [-0.39, 0.29) is 23.8 Å². The van der Waals surface area contributed by atoms with Gasteiger partial charge < -0.3 is 15.3 Å². The lowest BCUT2D eigenvalue weighted by atomic mass is 9.87. The van der Waals surface area contributed by atoms with Crippen LogP contribution >= 0.6 is 0 Å². The van der Waals surface area contributed by atoms with Crippen molar-refractivity contribution in [1.82, 2.24) is 9.97 Å². The van der Waals surface area contributed by atoms with Crippen LogP contribution < -0.4 is 10.2 Å². The average molecular weight is 553 g/mol. The molecule has 1 saturated carbocycles. The monoisotopic (exact) mass is 552 g/mol. The van der Waals surface area contributed by atoms with Gasteiger partial charge in [0.15, 0.2) is 15.4 Å². The molecule has 0 bridgehead atoms. The molecule has 1 saturated heterocycles. The van der Waals surface area contributed by atoms with Gasteiger partial charge in [-0.15, -0.1) is 0 Å². The Kier molecular flexibility index (Phi) is 6.89. The number of β-amino-alcohol motifs (C(OH)–C–C–N with tert-alkyl or cyclic N) is 1. The minimum absolute atomic E-state index is 0.126. The lowest BCUT2D eigenvalue weighted by Crippen LogP contribution is -2.57. The van der Waals surface area contributed by atoms with E-state index in [1.807, 2.05) is 6.92 Å². The number of rotatable bonds is 5. The minimum atomic E-state index is -5.03. The highest BCUT2D eigenvalue weighted by molar-refractivity contribution is 7.92. The third-order valence-corrected chi connectivity index (χ3v) is 9.09. The zero-order chi connectivity index (χ0) is 27.4. The Morgan fingerprint density at radius 1 is 1.16 bits per heavy atom. The van der Waals surface area contributed by atoms with E-state index in [0.29, 0.717) is 36.2 Å². The first-order chi connectivity index (χ1) is 17.0. The molecular weight excluding hydrogens is 526 g/mol. The van der Waals surface area contributed by atoms with Gasteiger partial charge in [0.1, 0.15) is 11.4 Å².